The lowest BCUT2D eigenvalue weighted by Gasteiger charge is -2.21. The van der Waals surface area contributed by atoms with Crippen molar-refractivity contribution in [3.8, 4) is 0 Å². The van der Waals surface area contributed by atoms with Gasteiger partial charge in [0.05, 0.1) is 6.42 Å². The fourth-order valence-corrected chi connectivity index (χ4v) is 2.18. The fourth-order valence-electron chi connectivity index (χ4n) is 2.18. The molecule has 0 fully saturated rings. The summed E-state index contributed by atoms with van der Waals surface area (Å²) < 4.78 is 0. The van der Waals surface area contributed by atoms with E-state index in [2.05, 4.69) is 11.8 Å². The molecule has 0 atom stereocenters. The minimum absolute atomic E-state index is 0.181. The Kier molecular flexibility index (Phi) is 13.4. The number of nitrogens with zero attached hydrogens (tertiary/aromatic N) is 1. The SMILES string of the molecule is CCCCCCCCCN(CCCO)CCC(=O)O. The minimum Gasteiger partial charge on any atom is -0.481 e. The predicted molar refractivity (Wildman–Crippen MR) is 78.4 cm³/mol. The van der Waals surface area contributed by atoms with Gasteiger partial charge >= 0.3 is 5.97 Å². The van der Waals surface area contributed by atoms with Crippen LogP contribution >= 0.6 is 0 Å². The van der Waals surface area contributed by atoms with Gasteiger partial charge in [0.1, 0.15) is 0 Å². The van der Waals surface area contributed by atoms with Gasteiger partial charge in [-0.1, -0.05) is 45.4 Å². The summed E-state index contributed by atoms with van der Waals surface area (Å²) in [6.45, 7) is 4.77. The van der Waals surface area contributed by atoms with Crippen molar-refractivity contribution in [3.05, 3.63) is 0 Å². The van der Waals surface area contributed by atoms with Gasteiger partial charge in [-0.25, -0.2) is 0 Å². The molecule has 0 rings (SSSR count). The maximum atomic E-state index is 10.6. The van der Waals surface area contributed by atoms with Crippen LogP contribution in [0.2, 0.25) is 0 Å². The molecule has 0 aliphatic carbocycles. The molecule has 0 heterocycles. The lowest BCUT2D eigenvalue weighted by Crippen LogP contribution is -2.29. The Hall–Kier alpha value is -0.610. The Morgan fingerprint density at radius 2 is 1.47 bits per heavy atom. The highest BCUT2D eigenvalue weighted by Crippen LogP contribution is 2.08. The number of rotatable bonds is 14. The summed E-state index contributed by atoms with van der Waals surface area (Å²) in [5, 5.41) is 17.5. The first-order valence-electron chi connectivity index (χ1n) is 7.75. The van der Waals surface area contributed by atoms with E-state index in [0.717, 1.165) is 25.9 Å². The maximum absolute atomic E-state index is 10.6. The first kappa shape index (κ1) is 18.4. The molecule has 114 valence electrons. The average Bonchev–Trinajstić information content (AvgIpc) is 2.39. The Labute approximate surface area is 117 Å². The molecule has 0 radical (unpaired) electrons. The van der Waals surface area contributed by atoms with Gasteiger partial charge < -0.3 is 15.1 Å². The molecule has 19 heavy (non-hydrogen) atoms. The second-order valence-electron chi connectivity index (χ2n) is 5.18. The average molecular weight is 273 g/mol. The molecule has 0 aliphatic heterocycles. The largest absolute Gasteiger partial charge is 0.481 e. The van der Waals surface area contributed by atoms with Crippen molar-refractivity contribution in [2.45, 2.75) is 64.7 Å². The summed E-state index contributed by atoms with van der Waals surface area (Å²) in [6, 6.07) is 0. The van der Waals surface area contributed by atoms with Crippen LogP contribution < -0.4 is 0 Å². The predicted octanol–water partition coefficient (Wildman–Crippen LogP) is 2.90. The number of unbranched alkanes of at least 4 members (excludes halogenated alkanes) is 6. The molecular formula is C15H31NO3. The number of carboxylic acid groups (broad SMARTS) is 1. The van der Waals surface area contributed by atoms with Crippen molar-refractivity contribution in [2.75, 3.05) is 26.2 Å². The van der Waals surface area contributed by atoms with Crippen LogP contribution in [0.5, 0.6) is 0 Å². The van der Waals surface area contributed by atoms with Gasteiger partial charge in [-0.05, 0) is 19.4 Å². The van der Waals surface area contributed by atoms with E-state index in [1.165, 1.54) is 38.5 Å². The summed E-state index contributed by atoms with van der Waals surface area (Å²) in [6.07, 6.45) is 9.85. The van der Waals surface area contributed by atoms with E-state index in [1.807, 2.05) is 0 Å². The molecule has 2 N–H and O–H groups in total. The van der Waals surface area contributed by atoms with Gasteiger partial charge in [0.15, 0.2) is 0 Å². The van der Waals surface area contributed by atoms with E-state index in [4.69, 9.17) is 10.2 Å². The number of hydrogen-bond acceptors (Lipinski definition) is 3. The van der Waals surface area contributed by atoms with Crippen molar-refractivity contribution < 1.29 is 15.0 Å². The van der Waals surface area contributed by atoms with Gasteiger partial charge in [0.2, 0.25) is 0 Å². The normalized spacial score (nSPS) is 11.1. The van der Waals surface area contributed by atoms with Crippen LogP contribution in [0.3, 0.4) is 0 Å². The summed E-state index contributed by atoms with van der Waals surface area (Å²) >= 11 is 0. The molecule has 0 aromatic heterocycles. The Morgan fingerprint density at radius 3 is 2.05 bits per heavy atom. The van der Waals surface area contributed by atoms with Gasteiger partial charge in [-0.15, -0.1) is 0 Å². The molecule has 0 bridgehead atoms. The quantitative estimate of drug-likeness (QED) is 0.478. The molecule has 0 spiro atoms. The van der Waals surface area contributed by atoms with Crippen molar-refractivity contribution in [3.63, 3.8) is 0 Å². The highest BCUT2D eigenvalue weighted by Gasteiger charge is 2.06. The third-order valence-electron chi connectivity index (χ3n) is 3.35. The number of hydrogen-bond donors (Lipinski definition) is 2. The molecule has 4 nitrogen and oxygen atoms in total. The molecule has 0 saturated carbocycles. The third kappa shape index (κ3) is 13.6. The Bertz CT molecular complexity index is 210. The van der Waals surface area contributed by atoms with Crippen LogP contribution in [0.1, 0.15) is 64.7 Å². The molecular weight excluding hydrogens is 242 g/mol. The number of carbonyl (C=O) groups is 1. The molecule has 0 amide bonds. The van der Waals surface area contributed by atoms with Crippen molar-refractivity contribution >= 4 is 5.97 Å². The highest BCUT2D eigenvalue weighted by atomic mass is 16.4. The minimum atomic E-state index is -0.742. The zero-order valence-corrected chi connectivity index (χ0v) is 12.4. The van der Waals surface area contributed by atoms with E-state index >= 15 is 0 Å². The van der Waals surface area contributed by atoms with Crippen molar-refractivity contribution in [1.29, 1.82) is 0 Å². The van der Waals surface area contributed by atoms with E-state index < -0.39 is 5.97 Å². The lowest BCUT2D eigenvalue weighted by atomic mass is 10.1. The molecule has 0 unspecified atom stereocenters. The van der Waals surface area contributed by atoms with E-state index in [0.29, 0.717) is 6.54 Å². The number of carboxylic acids is 1. The van der Waals surface area contributed by atoms with Gasteiger partial charge in [-0.3, -0.25) is 4.79 Å². The van der Waals surface area contributed by atoms with Crippen LogP contribution in [0.15, 0.2) is 0 Å². The van der Waals surface area contributed by atoms with Crippen LogP contribution in [-0.4, -0.2) is 47.3 Å². The lowest BCUT2D eigenvalue weighted by molar-refractivity contribution is -0.137. The van der Waals surface area contributed by atoms with E-state index in [-0.39, 0.29) is 13.0 Å². The maximum Gasteiger partial charge on any atom is 0.304 e. The standard InChI is InChI=1S/C15H31NO3/c1-2-3-4-5-6-7-8-11-16(12-9-14-17)13-10-15(18)19/h17H,2-14H2,1H3,(H,18,19). The van der Waals surface area contributed by atoms with Crippen LogP contribution in [0.4, 0.5) is 0 Å². The number of aliphatic carboxylic acids is 1. The van der Waals surface area contributed by atoms with Gasteiger partial charge in [0, 0.05) is 19.7 Å². The first-order valence-corrected chi connectivity index (χ1v) is 7.75. The second-order valence-corrected chi connectivity index (χ2v) is 5.18. The fraction of sp³-hybridized carbons (Fsp3) is 0.933. The molecule has 0 saturated heterocycles. The first-order chi connectivity index (χ1) is 9.20. The third-order valence-corrected chi connectivity index (χ3v) is 3.35. The van der Waals surface area contributed by atoms with Gasteiger partial charge in [0.25, 0.3) is 0 Å². The van der Waals surface area contributed by atoms with Crippen molar-refractivity contribution in [1.82, 2.24) is 4.90 Å². The molecule has 0 aromatic carbocycles. The Balaban J connectivity index is 3.57. The number of aliphatic hydroxyl groups excluding tert-OH is 1. The summed E-state index contributed by atoms with van der Waals surface area (Å²) in [5.74, 6) is -0.742. The summed E-state index contributed by atoms with van der Waals surface area (Å²) in [7, 11) is 0. The van der Waals surface area contributed by atoms with Gasteiger partial charge in [-0.2, -0.15) is 0 Å². The van der Waals surface area contributed by atoms with E-state index in [9.17, 15) is 4.79 Å². The topological polar surface area (TPSA) is 60.8 Å². The zero-order chi connectivity index (χ0) is 14.3. The Morgan fingerprint density at radius 1 is 0.895 bits per heavy atom. The highest BCUT2D eigenvalue weighted by molar-refractivity contribution is 5.66. The smallest absolute Gasteiger partial charge is 0.304 e. The summed E-state index contributed by atoms with van der Waals surface area (Å²) in [4.78, 5) is 12.7. The summed E-state index contributed by atoms with van der Waals surface area (Å²) in [5.41, 5.74) is 0. The van der Waals surface area contributed by atoms with Crippen LogP contribution in [0.25, 0.3) is 0 Å². The monoisotopic (exact) mass is 273 g/mol. The zero-order valence-electron chi connectivity index (χ0n) is 12.4. The molecule has 4 heteroatoms. The molecule has 0 aliphatic rings. The van der Waals surface area contributed by atoms with Crippen LogP contribution in [-0.2, 0) is 4.79 Å². The van der Waals surface area contributed by atoms with Crippen LogP contribution in [0, 0.1) is 0 Å². The molecule has 0 aromatic rings. The van der Waals surface area contributed by atoms with E-state index in [1.54, 1.807) is 0 Å². The van der Waals surface area contributed by atoms with Crippen molar-refractivity contribution in [2.24, 2.45) is 0 Å². The second kappa shape index (κ2) is 13.8. The number of aliphatic hydroxyl groups is 1.